The molecule has 1 saturated carbocycles. The Morgan fingerprint density at radius 2 is 2.05 bits per heavy atom. The van der Waals surface area contributed by atoms with Gasteiger partial charge in [-0.05, 0) is 55.8 Å². The maximum absolute atomic E-state index is 6.29. The first-order valence-corrected chi connectivity index (χ1v) is 8.20. The van der Waals surface area contributed by atoms with E-state index in [0.717, 1.165) is 12.3 Å². The van der Waals surface area contributed by atoms with Crippen LogP contribution in [0.15, 0.2) is 24.3 Å². The molecule has 2 unspecified atom stereocenters. The highest BCUT2D eigenvalue weighted by Gasteiger charge is 2.26. The number of ether oxygens (including phenoxy) is 1. The summed E-state index contributed by atoms with van der Waals surface area (Å²) in [6.45, 7) is 7.77. The molecule has 0 aromatic heterocycles. The number of hydrogen-bond donors (Lipinski definition) is 1. The molecule has 1 fully saturated rings. The molecule has 0 amide bonds. The van der Waals surface area contributed by atoms with Crippen molar-refractivity contribution in [2.75, 3.05) is 6.54 Å². The summed E-state index contributed by atoms with van der Waals surface area (Å²) in [6.07, 6.45) is 6.55. The third kappa shape index (κ3) is 4.24. The van der Waals surface area contributed by atoms with Crippen LogP contribution >= 0.6 is 0 Å². The minimum absolute atomic E-state index is 0.331. The van der Waals surface area contributed by atoms with Crippen molar-refractivity contribution in [2.24, 2.45) is 0 Å². The molecular formula is C18H29NO. The molecule has 1 aromatic rings. The zero-order valence-corrected chi connectivity index (χ0v) is 13.2. The second kappa shape index (κ2) is 7.68. The van der Waals surface area contributed by atoms with Crippen molar-refractivity contribution in [2.45, 2.75) is 70.9 Å². The summed E-state index contributed by atoms with van der Waals surface area (Å²) in [5.74, 6) is 1.59. The van der Waals surface area contributed by atoms with Crippen molar-refractivity contribution in [3.8, 4) is 5.75 Å². The van der Waals surface area contributed by atoms with Crippen LogP contribution in [0, 0.1) is 0 Å². The van der Waals surface area contributed by atoms with Gasteiger partial charge < -0.3 is 10.1 Å². The van der Waals surface area contributed by atoms with Gasteiger partial charge in [-0.1, -0.05) is 39.3 Å². The van der Waals surface area contributed by atoms with Crippen LogP contribution in [0.2, 0.25) is 0 Å². The fourth-order valence-electron chi connectivity index (χ4n) is 2.92. The molecule has 2 heteroatoms. The third-order valence-electron chi connectivity index (χ3n) is 4.17. The van der Waals surface area contributed by atoms with Gasteiger partial charge in [-0.15, -0.1) is 0 Å². The molecule has 0 spiro atoms. The largest absolute Gasteiger partial charge is 0.489 e. The van der Waals surface area contributed by atoms with Crippen LogP contribution in [0.4, 0.5) is 0 Å². The van der Waals surface area contributed by atoms with E-state index in [9.17, 15) is 0 Å². The fraction of sp³-hybridized carbons (Fsp3) is 0.667. The molecule has 0 saturated heterocycles. The highest BCUT2D eigenvalue weighted by molar-refractivity contribution is 5.30. The van der Waals surface area contributed by atoms with Crippen LogP contribution in [-0.2, 0) is 0 Å². The van der Waals surface area contributed by atoms with Crippen molar-refractivity contribution < 1.29 is 4.74 Å². The molecule has 0 aliphatic heterocycles. The Bertz CT molecular complexity index is 402. The smallest absolute Gasteiger partial charge is 0.120 e. The normalized spacial score (nSPS) is 23.0. The van der Waals surface area contributed by atoms with Crippen molar-refractivity contribution >= 4 is 0 Å². The van der Waals surface area contributed by atoms with Gasteiger partial charge in [0.15, 0.2) is 0 Å². The van der Waals surface area contributed by atoms with E-state index < -0.39 is 0 Å². The number of rotatable bonds is 6. The van der Waals surface area contributed by atoms with Crippen molar-refractivity contribution in [3.05, 3.63) is 29.8 Å². The van der Waals surface area contributed by atoms with Crippen LogP contribution in [0.25, 0.3) is 0 Å². The average molecular weight is 275 g/mol. The Labute approximate surface area is 123 Å². The van der Waals surface area contributed by atoms with Crippen LogP contribution in [-0.4, -0.2) is 18.7 Å². The van der Waals surface area contributed by atoms with Crippen LogP contribution in [0.3, 0.4) is 0 Å². The van der Waals surface area contributed by atoms with Crippen LogP contribution in [0.1, 0.15) is 64.4 Å². The summed E-state index contributed by atoms with van der Waals surface area (Å²) >= 11 is 0. The lowest BCUT2D eigenvalue weighted by Gasteiger charge is -2.32. The first-order chi connectivity index (χ1) is 9.70. The van der Waals surface area contributed by atoms with Crippen molar-refractivity contribution in [1.29, 1.82) is 0 Å². The minimum Gasteiger partial charge on any atom is -0.489 e. The molecular weight excluding hydrogens is 246 g/mol. The number of benzene rings is 1. The molecule has 0 radical (unpaired) electrons. The van der Waals surface area contributed by atoms with Gasteiger partial charge in [0.25, 0.3) is 0 Å². The third-order valence-corrected chi connectivity index (χ3v) is 4.17. The van der Waals surface area contributed by atoms with E-state index in [4.69, 9.17) is 4.74 Å². The molecule has 1 aliphatic rings. The van der Waals surface area contributed by atoms with E-state index in [1.165, 1.54) is 37.7 Å². The molecule has 2 atom stereocenters. The van der Waals surface area contributed by atoms with Gasteiger partial charge in [0.1, 0.15) is 11.9 Å². The zero-order chi connectivity index (χ0) is 14.4. The molecule has 2 rings (SSSR count). The minimum atomic E-state index is 0.331. The molecule has 112 valence electrons. The average Bonchev–Trinajstić information content (AvgIpc) is 2.46. The van der Waals surface area contributed by atoms with Crippen LogP contribution < -0.4 is 10.1 Å². The maximum atomic E-state index is 6.29. The Morgan fingerprint density at radius 1 is 1.25 bits per heavy atom. The summed E-state index contributed by atoms with van der Waals surface area (Å²) in [4.78, 5) is 0. The Kier molecular flexibility index (Phi) is 5.90. The maximum Gasteiger partial charge on any atom is 0.120 e. The second-order valence-corrected chi connectivity index (χ2v) is 6.23. The molecule has 20 heavy (non-hydrogen) atoms. The second-order valence-electron chi connectivity index (χ2n) is 6.23. The fourth-order valence-corrected chi connectivity index (χ4v) is 2.92. The topological polar surface area (TPSA) is 21.3 Å². The first kappa shape index (κ1) is 15.4. The lowest BCUT2D eigenvalue weighted by atomic mass is 9.92. The van der Waals surface area contributed by atoms with E-state index in [0.29, 0.717) is 18.1 Å². The van der Waals surface area contributed by atoms with E-state index in [1.54, 1.807) is 0 Å². The molecule has 1 aliphatic carbocycles. The van der Waals surface area contributed by atoms with E-state index in [1.807, 2.05) is 0 Å². The summed E-state index contributed by atoms with van der Waals surface area (Å²) in [7, 11) is 0. The summed E-state index contributed by atoms with van der Waals surface area (Å²) in [6, 6.07) is 9.12. The van der Waals surface area contributed by atoms with Gasteiger partial charge in [-0.25, -0.2) is 0 Å². The summed E-state index contributed by atoms with van der Waals surface area (Å²) < 4.78 is 6.29. The van der Waals surface area contributed by atoms with E-state index >= 15 is 0 Å². The number of nitrogens with one attached hydrogen (secondary N) is 1. The molecule has 1 aromatic carbocycles. The number of hydrogen-bond acceptors (Lipinski definition) is 2. The molecule has 2 nitrogen and oxygen atoms in total. The predicted octanol–water partition coefficient (Wildman–Crippen LogP) is 4.50. The standard InChI is InChI=1S/C18H29NO/c1-4-12-19-17-10-5-6-11-18(17)20-16-9-7-8-15(13-16)14(2)3/h7-9,13-14,17-19H,4-6,10-12H2,1-3H3. The lowest BCUT2D eigenvalue weighted by Crippen LogP contribution is -2.45. The predicted molar refractivity (Wildman–Crippen MR) is 85.5 cm³/mol. The quantitative estimate of drug-likeness (QED) is 0.825. The van der Waals surface area contributed by atoms with Crippen LogP contribution in [0.5, 0.6) is 5.75 Å². The molecule has 0 heterocycles. The summed E-state index contributed by atoms with van der Waals surface area (Å²) in [5, 5.41) is 3.65. The highest BCUT2D eigenvalue weighted by Crippen LogP contribution is 2.26. The van der Waals surface area contributed by atoms with Gasteiger partial charge in [0.05, 0.1) is 0 Å². The van der Waals surface area contributed by atoms with Crippen molar-refractivity contribution in [3.63, 3.8) is 0 Å². The zero-order valence-electron chi connectivity index (χ0n) is 13.2. The highest BCUT2D eigenvalue weighted by atomic mass is 16.5. The van der Waals surface area contributed by atoms with Crippen molar-refractivity contribution in [1.82, 2.24) is 5.32 Å². The monoisotopic (exact) mass is 275 g/mol. The van der Waals surface area contributed by atoms with Gasteiger partial charge >= 0.3 is 0 Å². The van der Waals surface area contributed by atoms with Gasteiger partial charge in [0, 0.05) is 6.04 Å². The lowest BCUT2D eigenvalue weighted by molar-refractivity contribution is 0.114. The summed E-state index contributed by atoms with van der Waals surface area (Å²) in [5.41, 5.74) is 1.36. The van der Waals surface area contributed by atoms with Gasteiger partial charge in [-0.2, -0.15) is 0 Å². The Balaban J connectivity index is 2.00. The molecule has 0 bridgehead atoms. The first-order valence-electron chi connectivity index (χ1n) is 8.20. The molecule has 1 N–H and O–H groups in total. The SMILES string of the molecule is CCCNC1CCCCC1Oc1cccc(C(C)C)c1. The van der Waals surface area contributed by atoms with E-state index in [-0.39, 0.29) is 0 Å². The Hall–Kier alpha value is -1.02. The van der Waals surface area contributed by atoms with Gasteiger partial charge in [0.2, 0.25) is 0 Å². The van der Waals surface area contributed by atoms with Gasteiger partial charge in [-0.3, -0.25) is 0 Å². The van der Waals surface area contributed by atoms with E-state index in [2.05, 4.69) is 50.4 Å². The Morgan fingerprint density at radius 3 is 2.80 bits per heavy atom.